The summed E-state index contributed by atoms with van der Waals surface area (Å²) < 4.78 is 5.38. The van der Waals surface area contributed by atoms with E-state index in [4.69, 9.17) is 4.74 Å². The summed E-state index contributed by atoms with van der Waals surface area (Å²) in [6.45, 7) is 5.81. The number of benzene rings is 2. The molecule has 0 bridgehead atoms. The van der Waals surface area contributed by atoms with E-state index in [1.807, 2.05) is 38.1 Å². The zero-order valence-electron chi connectivity index (χ0n) is 14.6. The molecule has 0 aliphatic rings. The number of amides is 2. The Hall–Kier alpha value is -3.08. The number of carbonyl (C=O) groups excluding carboxylic acids is 2. The van der Waals surface area contributed by atoms with E-state index in [-0.39, 0.29) is 17.5 Å². The highest BCUT2D eigenvalue weighted by Crippen LogP contribution is 2.17. The molecule has 2 rings (SSSR count). The van der Waals surface area contributed by atoms with E-state index < -0.39 is 0 Å². The highest BCUT2D eigenvalue weighted by atomic mass is 16.5. The number of hydrogen-bond donors (Lipinski definition) is 2. The lowest BCUT2D eigenvalue weighted by Crippen LogP contribution is -2.29. The van der Waals surface area contributed by atoms with Crippen molar-refractivity contribution in [3.8, 4) is 5.75 Å². The summed E-state index contributed by atoms with van der Waals surface area (Å²) in [4.78, 5) is 24.0. The normalized spacial score (nSPS) is 10.9. The SMILES string of the molecule is CCOc1ccc(NC(=O)/C(=C/c2ccccc2C)NC(C)=O)cc1. The summed E-state index contributed by atoms with van der Waals surface area (Å²) in [6, 6.07) is 14.7. The van der Waals surface area contributed by atoms with E-state index >= 15 is 0 Å². The van der Waals surface area contributed by atoms with Gasteiger partial charge >= 0.3 is 0 Å². The summed E-state index contributed by atoms with van der Waals surface area (Å²) in [6.07, 6.45) is 1.67. The molecule has 0 aliphatic heterocycles. The molecule has 2 aromatic carbocycles. The summed E-state index contributed by atoms with van der Waals surface area (Å²) in [7, 11) is 0. The van der Waals surface area contributed by atoms with Gasteiger partial charge in [-0.3, -0.25) is 9.59 Å². The van der Waals surface area contributed by atoms with Crippen molar-refractivity contribution in [2.24, 2.45) is 0 Å². The lowest BCUT2D eigenvalue weighted by atomic mass is 10.1. The number of nitrogens with one attached hydrogen (secondary N) is 2. The van der Waals surface area contributed by atoms with Crippen molar-refractivity contribution in [3.63, 3.8) is 0 Å². The minimum atomic E-state index is -0.386. The van der Waals surface area contributed by atoms with Crippen LogP contribution in [0.3, 0.4) is 0 Å². The van der Waals surface area contributed by atoms with Gasteiger partial charge in [-0.2, -0.15) is 0 Å². The Balaban J connectivity index is 2.21. The molecule has 0 unspecified atom stereocenters. The van der Waals surface area contributed by atoms with Gasteiger partial charge in [0.1, 0.15) is 11.4 Å². The van der Waals surface area contributed by atoms with Crippen molar-refractivity contribution in [1.82, 2.24) is 5.32 Å². The van der Waals surface area contributed by atoms with Crippen LogP contribution in [0.4, 0.5) is 5.69 Å². The summed E-state index contributed by atoms with van der Waals surface area (Å²) in [5.74, 6) is 0.0438. The van der Waals surface area contributed by atoms with E-state index in [0.717, 1.165) is 16.9 Å². The van der Waals surface area contributed by atoms with Crippen LogP contribution >= 0.6 is 0 Å². The van der Waals surface area contributed by atoms with Gasteiger partial charge in [0.05, 0.1) is 6.61 Å². The average Bonchev–Trinajstić information content (AvgIpc) is 2.58. The van der Waals surface area contributed by atoms with Crippen molar-refractivity contribution < 1.29 is 14.3 Å². The molecule has 0 saturated heterocycles. The predicted octanol–water partition coefficient (Wildman–Crippen LogP) is 3.51. The Bertz CT molecular complexity index is 780. The van der Waals surface area contributed by atoms with Gasteiger partial charge in [-0.25, -0.2) is 0 Å². The summed E-state index contributed by atoms with van der Waals surface area (Å²) >= 11 is 0. The standard InChI is InChI=1S/C20H22N2O3/c1-4-25-18-11-9-17(10-12-18)22-20(24)19(21-15(3)23)13-16-8-6-5-7-14(16)2/h5-13H,4H2,1-3H3,(H,21,23)(H,22,24)/b19-13-. The number of ether oxygens (including phenoxy) is 1. The van der Waals surface area contributed by atoms with Crippen molar-refractivity contribution in [2.75, 3.05) is 11.9 Å². The maximum absolute atomic E-state index is 12.5. The van der Waals surface area contributed by atoms with Crippen molar-refractivity contribution in [1.29, 1.82) is 0 Å². The zero-order valence-corrected chi connectivity index (χ0v) is 14.6. The second kappa shape index (κ2) is 8.68. The molecule has 0 aliphatic carbocycles. The van der Waals surface area contributed by atoms with Gasteiger partial charge < -0.3 is 15.4 Å². The molecular weight excluding hydrogens is 316 g/mol. The van der Waals surface area contributed by atoms with Gasteiger partial charge in [0.2, 0.25) is 5.91 Å². The highest BCUT2D eigenvalue weighted by molar-refractivity contribution is 6.08. The van der Waals surface area contributed by atoms with Crippen LogP contribution in [-0.4, -0.2) is 18.4 Å². The van der Waals surface area contributed by atoms with Crippen LogP contribution < -0.4 is 15.4 Å². The second-order valence-electron chi connectivity index (χ2n) is 5.51. The monoisotopic (exact) mass is 338 g/mol. The molecular formula is C20H22N2O3. The van der Waals surface area contributed by atoms with E-state index in [0.29, 0.717) is 12.3 Å². The van der Waals surface area contributed by atoms with Gasteiger partial charge in [0.25, 0.3) is 5.91 Å². The maximum atomic E-state index is 12.5. The lowest BCUT2D eigenvalue weighted by molar-refractivity contribution is -0.120. The molecule has 2 N–H and O–H groups in total. The fourth-order valence-corrected chi connectivity index (χ4v) is 2.25. The van der Waals surface area contributed by atoms with E-state index in [1.165, 1.54) is 6.92 Å². The number of rotatable bonds is 6. The number of carbonyl (C=O) groups is 2. The van der Waals surface area contributed by atoms with Crippen LogP contribution in [0.15, 0.2) is 54.2 Å². The van der Waals surface area contributed by atoms with Crippen LogP contribution in [0, 0.1) is 6.92 Å². The third kappa shape index (κ3) is 5.49. The highest BCUT2D eigenvalue weighted by Gasteiger charge is 2.12. The van der Waals surface area contributed by atoms with Crippen LogP contribution in [-0.2, 0) is 9.59 Å². The largest absolute Gasteiger partial charge is 0.494 e. The average molecular weight is 338 g/mol. The summed E-state index contributed by atoms with van der Waals surface area (Å²) in [5, 5.41) is 5.37. The van der Waals surface area contributed by atoms with Crippen LogP contribution in [0.2, 0.25) is 0 Å². The first-order valence-corrected chi connectivity index (χ1v) is 8.08. The lowest BCUT2D eigenvalue weighted by Gasteiger charge is -2.11. The van der Waals surface area contributed by atoms with Crippen LogP contribution in [0.25, 0.3) is 6.08 Å². The molecule has 0 fully saturated rings. The quantitative estimate of drug-likeness (QED) is 0.792. The van der Waals surface area contributed by atoms with Crippen LogP contribution in [0.1, 0.15) is 25.0 Å². The first-order valence-electron chi connectivity index (χ1n) is 8.08. The van der Waals surface area contributed by atoms with Gasteiger partial charge in [-0.15, -0.1) is 0 Å². The fourth-order valence-electron chi connectivity index (χ4n) is 2.25. The third-order valence-corrected chi connectivity index (χ3v) is 3.47. The molecule has 5 heteroatoms. The number of aryl methyl sites for hydroxylation is 1. The molecule has 2 aromatic rings. The Morgan fingerprint density at radius 3 is 2.36 bits per heavy atom. The maximum Gasteiger partial charge on any atom is 0.272 e. The van der Waals surface area contributed by atoms with E-state index in [2.05, 4.69) is 10.6 Å². The minimum absolute atomic E-state index is 0.190. The Morgan fingerprint density at radius 2 is 1.76 bits per heavy atom. The topological polar surface area (TPSA) is 67.4 Å². The van der Waals surface area contributed by atoms with Gasteiger partial charge in [0.15, 0.2) is 0 Å². The molecule has 130 valence electrons. The molecule has 0 radical (unpaired) electrons. The van der Waals surface area contributed by atoms with Crippen molar-refractivity contribution in [2.45, 2.75) is 20.8 Å². The van der Waals surface area contributed by atoms with Crippen molar-refractivity contribution in [3.05, 3.63) is 65.4 Å². The Morgan fingerprint density at radius 1 is 1.08 bits per heavy atom. The molecule has 5 nitrogen and oxygen atoms in total. The predicted molar refractivity (Wildman–Crippen MR) is 99.2 cm³/mol. The zero-order chi connectivity index (χ0) is 18.2. The molecule has 0 heterocycles. The Kier molecular flexibility index (Phi) is 6.34. The van der Waals surface area contributed by atoms with Gasteiger partial charge in [-0.1, -0.05) is 24.3 Å². The number of anilines is 1. The number of hydrogen-bond acceptors (Lipinski definition) is 3. The minimum Gasteiger partial charge on any atom is -0.494 e. The smallest absolute Gasteiger partial charge is 0.272 e. The van der Waals surface area contributed by atoms with Gasteiger partial charge in [0, 0.05) is 12.6 Å². The molecule has 0 aromatic heterocycles. The van der Waals surface area contributed by atoms with Crippen LogP contribution in [0.5, 0.6) is 5.75 Å². The Labute approximate surface area is 147 Å². The third-order valence-electron chi connectivity index (χ3n) is 3.47. The first kappa shape index (κ1) is 18.3. The molecule has 25 heavy (non-hydrogen) atoms. The second-order valence-corrected chi connectivity index (χ2v) is 5.51. The van der Waals surface area contributed by atoms with E-state index in [1.54, 1.807) is 30.3 Å². The first-order chi connectivity index (χ1) is 12.0. The van der Waals surface area contributed by atoms with Crippen molar-refractivity contribution >= 4 is 23.6 Å². The van der Waals surface area contributed by atoms with Gasteiger partial charge in [-0.05, 0) is 55.3 Å². The molecule has 0 atom stereocenters. The van der Waals surface area contributed by atoms with E-state index in [9.17, 15) is 9.59 Å². The molecule has 0 saturated carbocycles. The molecule has 0 spiro atoms. The summed E-state index contributed by atoms with van der Waals surface area (Å²) in [5.41, 5.74) is 2.69. The molecule has 2 amide bonds. The fraction of sp³-hybridized carbons (Fsp3) is 0.200.